The molecule has 0 N–H and O–H groups in total. The maximum Gasteiger partial charge on any atom is 0.242 e. The number of rotatable bonds is 9. The van der Waals surface area contributed by atoms with E-state index >= 15 is 0 Å². The number of nitrogens with zero attached hydrogens (tertiary/aromatic N) is 2. The molecule has 0 saturated heterocycles. The highest BCUT2D eigenvalue weighted by Crippen LogP contribution is 2.30. The van der Waals surface area contributed by atoms with E-state index in [0.717, 1.165) is 23.3 Å². The van der Waals surface area contributed by atoms with Crippen molar-refractivity contribution in [1.82, 2.24) is 9.80 Å². The van der Waals surface area contributed by atoms with Crippen molar-refractivity contribution in [1.29, 1.82) is 0 Å². The molecule has 144 valence electrons. The van der Waals surface area contributed by atoms with E-state index < -0.39 is 5.38 Å². The molecule has 27 heavy (non-hydrogen) atoms. The Labute approximate surface area is 169 Å². The third-order valence-electron chi connectivity index (χ3n) is 4.65. The van der Waals surface area contributed by atoms with Gasteiger partial charge in [-0.25, -0.2) is 0 Å². The van der Waals surface area contributed by atoms with E-state index in [1.807, 2.05) is 52.7 Å². The molecule has 1 atom stereocenters. The number of hydrogen-bond donors (Lipinski definition) is 0. The fourth-order valence-electron chi connectivity index (χ4n) is 2.99. The Morgan fingerprint density at radius 3 is 2.44 bits per heavy atom. The summed E-state index contributed by atoms with van der Waals surface area (Å²) in [5, 5.41) is 1.40. The van der Waals surface area contributed by atoms with Gasteiger partial charge in [0.25, 0.3) is 0 Å². The van der Waals surface area contributed by atoms with E-state index in [2.05, 4.69) is 0 Å². The minimum Gasteiger partial charge on any atom is -0.332 e. The summed E-state index contributed by atoms with van der Waals surface area (Å²) in [7, 11) is 0. The van der Waals surface area contributed by atoms with Crippen LogP contribution in [0.3, 0.4) is 0 Å². The van der Waals surface area contributed by atoms with Gasteiger partial charge in [-0.05, 0) is 42.7 Å². The van der Waals surface area contributed by atoms with Crippen LogP contribution >= 0.6 is 22.9 Å². The molecule has 1 saturated carbocycles. The van der Waals surface area contributed by atoms with Crippen molar-refractivity contribution < 1.29 is 9.59 Å². The van der Waals surface area contributed by atoms with Gasteiger partial charge in [-0.2, -0.15) is 0 Å². The molecule has 1 aromatic heterocycles. The third kappa shape index (κ3) is 6.08. The Balaban J connectivity index is 1.72. The summed E-state index contributed by atoms with van der Waals surface area (Å²) >= 11 is 7.65. The quantitative estimate of drug-likeness (QED) is 0.589. The summed E-state index contributed by atoms with van der Waals surface area (Å²) in [4.78, 5) is 30.2. The molecule has 6 heteroatoms. The van der Waals surface area contributed by atoms with Crippen LogP contribution in [0.4, 0.5) is 0 Å². The first-order valence-corrected chi connectivity index (χ1v) is 10.6. The highest BCUT2D eigenvalue weighted by Gasteiger charge is 2.30. The predicted octanol–water partition coefficient (Wildman–Crippen LogP) is 4.14. The molecule has 0 radical (unpaired) electrons. The van der Waals surface area contributed by atoms with Crippen LogP contribution in [-0.2, 0) is 22.7 Å². The average Bonchev–Trinajstić information content (AvgIpc) is 3.33. The molecule has 3 rings (SSSR count). The van der Waals surface area contributed by atoms with Crippen LogP contribution < -0.4 is 0 Å². The summed E-state index contributed by atoms with van der Waals surface area (Å²) in [6.07, 6.45) is 2.25. The van der Waals surface area contributed by atoms with Crippen molar-refractivity contribution in [3.8, 4) is 0 Å². The number of halogens is 1. The number of alkyl halides is 1. The Bertz CT molecular complexity index is 745. The minimum atomic E-state index is -0.614. The van der Waals surface area contributed by atoms with Gasteiger partial charge in [0.2, 0.25) is 11.8 Å². The van der Waals surface area contributed by atoms with E-state index in [1.54, 1.807) is 23.2 Å². The van der Waals surface area contributed by atoms with Crippen LogP contribution in [0.1, 0.15) is 30.2 Å². The lowest BCUT2D eigenvalue weighted by Crippen LogP contribution is -2.45. The van der Waals surface area contributed by atoms with Crippen molar-refractivity contribution in [3.05, 3.63) is 58.3 Å². The van der Waals surface area contributed by atoms with Crippen LogP contribution in [-0.4, -0.2) is 40.1 Å². The first-order chi connectivity index (χ1) is 13.0. The zero-order chi connectivity index (χ0) is 19.2. The minimum absolute atomic E-state index is 0.0430. The molecular weight excluding hydrogens is 380 g/mol. The van der Waals surface area contributed by atoms with E-state index in [9.17, 15) is 9.59 Å². The Morgan fingerprint density at radius 1 is 1.11 bits per heavy atom. The fourth-order valence-corrected chi connectivity index (χ4v) is 3.84. The zero-order valence-corrected chi connectivity index (χ0v) is 17.1. The summed E-state index contributed by atoms with van der Waals surface area (Å²) in [6.45, 7) is 3.46. The zero-order valence-electron chi connectivity index (χ0n) is 15.5. The lowest BCUT2D eigenvalue weighted by Gasteiger charge is -2.28. The van der Waals surface area contributed by atoms with Crippen LogP contribution in [0.25, 0.3) is 0 Å². The molecule has 1 aliphatic carbocycles. The Kier molecular flexibility index (Phi) is 6.91. The number of amides is 2. The standard InChI is InChI=1S/C21H25ClN2O2S/c1-16(22)21(26)24(13-18-9-10-18)15-20(25)23(14-19-8-5-11-27-19)12-17-6-3-2-4-7-17/h2-8,11,16,18H,9-10,12-15H2,1H3. The molecule has 2 aromatic rings. The molecule has 1 unspecified atom stereocenters. The smallest absolute Gasteiger partial charge is 0.242 e. The molecule has 1 aromatic carbocycles. The molecule has 2 amide bonds. The van der Waals surface area contributed by atoms with E-state index in [0.29, 0.717) is 25.6 Å². The first kappa shape index (κ1) is 19.9. The SMILES string of the molecule is CC(Cl)C(=O)N(CC(=O)N(Cc1ccccc1)Cc1cccs1)CC1CC1. The van der Waals surface area contributed by atoms with Gasteiger partial charge in [0.1, 0.15) is 5.38 Å². The second-order valence-corrected chi connectivity index (χ2v) is 8.78. The molecule has 1 fully saturated rings. The summed E-state index contributed by atoms with van der Waals surface area (Å²) < 4.78 is 0. The molecule has 1 heterocycles. The van der Waals surface area contributed by atoms with Crippen molar-refractivity contribution >= 4 is 34.8 Å². The topological polar surface area (TPSA) is 40.6 Å². The molecule has 1 aliphatic rings. The van der Waals surface area contributed by atoms with Crippen molar-refractivity contribution in [2.24, 2.45) is 5.92 Å². The normalized spacial score (nSPS) is 14.6. The van der Waals surface area contributed by atoms with Crippen LogP contribution in [0.15, 0.2) is 47.8 Å². The molecule has 0 aliphatic heterocycles. The van der Waals surface area contributed by atoms with E-state index in [4.69, 9.17) is 11.6 Å². The van der Waals surface area contributed by atoms with Gasteiger partial charge in [0.05, 0.1) is 13.1 Å². The van der Waals surface area contributed by atoms with Gasteiger partial charge in [-0.3, -0.25) is 9.59 Å². The summed E-state index contributed by atoms with van der Waals surface area (Å²) in [6, 6.07) is 14.0. The second kappa shape index (κ2) is 9.38. The summed E-state index contributed by atoms with van der Waals surface area (Å²) in [5.41, 5.74) is 1.08. The lowest BCUT2D eigenvalue weighted by molar-refractivity contribution is -0.141. The van der Waals surface area contributed by atoms with Crippen molar-refractivity contribution in [2.45, 2.75) is 38.2 Å². The van der Waals surface area contributed by atoms with Crippen molar-refractivity contribution in [3.63, 3.8) is 0 Å². The van der Waals surface area contributed by atoms with Crippen LogP contribution in [0, 0.1) is 5.92 Å². The molecule has 0 bridgehead atoms. The monoisotopic (exact) mass is 404 g/mol. The Hall–Kier alpha value is -1.85. The number of carbonyl (C=O) groups is 2. The van der Waals surface area contributed by atoms with E-state index in [-0.39, 0.29) is 18.4 Å². The molecular formula is C21H25ClN2O2S. The van der Waals surface area contributed by atoms with E-state index in [1.165, 1.54) is 0 Å². The average molecular weight is 405 g/mol. The van der Waals surface area contributed by atoms with Crippen LogP contribution in [0.5, 0.6) is 0 Å². The van der Waals surface area contributed by atoms with Gasteiger partial charge in [0, 0.05) is 18.0 Å². The number of carbonyl (C=O) groups excluding carboxylic acids is 2. The Morgan fingerprint density at radius 2 is 1.85 bits per heavy atom. The van der Waals surface area contributed by atoms with Crippen LogP contribution in [0.2, 0.25) is 0 Å². The van der Waals surface area contributed by atoms with Gasteiger partial charge >= 0.3 is 0 Å². The summed E-state index contributed by atoms with van der Waals surface area (Å²) in [5.74, 6) is 0.309. The maximum absolute atomic E-state index is 13.1. The molecule has 0 spiro atoms. The van der Waals surface area contributed by atoms with Gasteiger partial charge in [-0.15, -0.1) is 22.9 Å². The number of benzene rings is 1. The maximum atomic E-state index is 13.1. The lowest BCUT2D eigenvalue weighted by atomic mass is 10.2. The van der Waals surface area contributed by atoms with Gasteiger partial charge < -0.3 is 9.80 Å². The second-order valence-electron chi connectivity index (χ2n) is 7.09. The number of thiophene rings is 1. The fraction of sp³-hybridized carbons (Fsp3) is 0.429. The predicted molar refractivity (Wildman–Crippen MR) is 110 cm³/mol. The molecule has 4 nitrogen and oxygen atoms in total. The van der Waals surface area contributed by atoms with Gasteiger partial charge in [-0.1, -0.05) is 36.4 Å². The largest absolute Gasteiger partial charge is 0.332 e. The van der Waals surface area contributed by atoms with Gasteiger partial charge in [0.15, 0.2) is 0 Å². The number of hydrogen-bond acceptors (Lipinski definition) is 3. The highest BCUT2D eigenvalue weighted by atomic mass is 35.5. The third-order valence-corrected chi connectivity index (χ3v) is 5.70. The highest BCUT2D eigenvalue weighted by molar-refractivity contribution is 7.09. The van der Waals surface area contributed by atoms with Crippen molar-refractivity contribution in [2.75, 3.05) is 13.1 Å². The first-order valence-electron chi connectivity index (χ1n) is 9.30.